The van der Waals surface area contributed by atoms with E-state index in [1.165, 1.54) is 57.8 Å². The van der Waals surface area contributed by atoms with Gasteiger partial charge < -0.3 is 14.8 Å². The first-order valence-corrected chi connectivity index (χ1v) is 14.8. The maximum absolute atomic E-state index is 6.15. The molecule has 0 aromatic heterocycles. The molecule has 0 aromatic carbocycles. The fourth-order valence-electron chi connectivity index (χ4n) is 4.70. The smallest absolute Gasteiger partial charge is 0.0829 e. The Morgan fingerprint density at radius 2 is 1.26 bits per heavy atom. The molecule has 0 radical (unpaired) electrons. The Morgan fingerprint density at radius 1 is 0.657 bits per heavy atom. The number of rotatable bonds is 19. The zero-order chi connectivity index (χ0) is 26.6. The van der Waals surface area contributed by atoms with Gasteiger partial charge in [0.05, 0.1) is 6.10 Å². The predicted molar refractivity (Wildman–Crippen MR) is 153 cm³/mol. The van der Waals surface area contributed by atoms with Gasteiger partial charge in [0.25, 0.3) is 0 Å². The summed E-state index contributed by atoms with van der Waals surface area (Å²) < 4.78 is 12.0. The average Bonchev–Trinajstić information content (AvgIpc) is 2.67. The van der Waals surface area contributed by atoms with Gasteiger partial charge in [0, 0.05) is 44.0 Å². The Balaban J connectivity index is 2.06. The molecule has 0 amide bonds. The molecule has 0 aromatic rings. The highest BCUT2D eigenvalue weighted by Gasteiger charge is 2.38. The minimum absolute atomic E-state index is 0.205. The standard InChI is InChI=1S/C31H64N2O2/c1-28(2,3)17-12-11-14-24-35-27-25-33(26-27)31(9,10)20-19-30(7,8)18-13-15-22-34-23-16-21-32-29(4,5)6/h27,32H,11-26H2,1-10H3. The van der Waals surface area contributed by atoms with E-state index < -0.39 is 0 Å². The second kappa shape index (κ2) is 15.3. The van der Waals surface area contributed by atoms with Crippen molar-refractivity contribution in [2.24, 2.45) is 10.8 Å². The molecular weight excluding hydrogens is 432 g/mol. The van der Waals surface area contributed by atoms with Gasteiger partial charge in [-0.3, -0.25) is 4.90 Å². The number of unbranched alkanes of at least 4 members (excludes halogenated alkanes) is 3. The third kappa shape index (κ3) is 17.1. The van der Waals surface area contributed by atoms with Crippen LogP contribution in [0.1, 0.15) is 133 Å². The SMILES string of the molecule is CC(C)(C)CCCCCOC1CN(C(C)(C)CCC(C)(C)CCCCOCCCNC(C)(C)C)C1. The van der Waals surface area contributed by atoms with E-state index in [1.54, 1.807) is 0 Å². The first-order chi connectivity index (χ1) is 16.1. The number of hydrogen-bond acceptors (Lipinski definition) is 4. The molecule has 35 heavy (non-hydrogen) atoms. The van der Waals surface area contributed by atoms with Crippen LogP contribution in [-0.2, 0) is 9.47 Å². The van der Waals surface area contributed by atoms with Crippen molar-refractivity contribution in [3.63, 3.8) is 0 Å². The third-order valence-electron chi connectivity index (χ3n) is 7.56. The molecule has 0 spiro atoms. The van der Waals surface area contributed by atoms with Gasteiger partial charge in [0.1, 0.15) is 0 Å². The molecule has 1 aliphatic heterocycles. The highest BCUT2D eigenvalue weighted by atomic mass is 16.5. The average molecular weight is 497 g/mol. The zero-order valence-electron chi connectivity index (χ0n) is 25.7. The van der Waals surface area contributed by atoms with Gasteiger partial charge >= 0.3 is 0 Å². The van der Waals surface area contributed by atoms with E-state index >= 15 is 0 Å². The molecule has 4 nitrogen and oxygen atoms in total. The maximum Gasteiger partial charge on any atom is 0.0829 e. The lowest BCUT2D eigenvalue weighted by atomic mass is 9.78. The first-order valence-electron chi connectivity index (χ1n) is 14.8. The fraction of sp³-hybridized carbons (Fsp3) is 1.00. The summed E-state index contributed by atoms with van der Waals surface area (Å²) >= 11 is 0. The number of hydrogen-bond donors (Lipinski definition) is 1. The molecular formula is C31H64N2O2. The van der Waals surface area contributed by atoms with Crippen molar-refractivity contribution in [2.75, 3.05) is 39.5 Å². The van der Waals surface area contributed by atoms with Crippen molar-refractivity contribution in [2.45, 2.75) is 151 Å². The summed E-state index contributed by atoms with van der Waals surface area (Å²) in [6, 6.07) is 0. The summed E-state index contributed by atoms with van der Waals surface area (Å²) in [5.41, 5.74) is 1.35. The Labute approximate surface area is 220 Å². The lowest BCUT2D eigenvalue weighted by molar-refractivity contribution is -0.0973. The van der Waals surface area contributed by atoms with Gasteiger partial charge in [-0.1, -0.05) is 53.9 Å². The molecule has 0 atom stereocenters. The molecule has 1 saturated heterocycles. The summed E-state index contributed by atoms with van der Waals surface area (Å²) in [6.07, 6.45) is 13.0. The van der Waals surface area contributed by atoms with Gasteiger partial charge in [0.15, 0.2) is 0 Å². The van der Waals surface area contributed by atoms with Gasteiger partial charge in [-0.25, -0.2) is 0 Å². The van der Waals surface area contributed by atoms with Crippen LogP contribution in [0.3, 0.4) is 0 Å². The molecule has 1 aliphatic rings. The highest BCUT2D eigenvalue weighted by molar-refractivity contribution is 4.93. The van der Waals surface area contributed by atoms with Crippen LogP contribution in [0, 0.1) is 10.8 Å². The molecule has 0 unspecified atom stereocenters. The number of likely N-dealkylation sites (tertiary alicyclic amines) is 1. The van der Waals surface area contributed by atoms with Crippen molar-refractivity contribution in [3.05, 3.63) is 0 Å². The fourth-order valence-corrected chi connectivity index (χ4v) is 4.70. The van der Waals surface area contributed by atoms with Crippen LogP contribution in [-0.4, -0.2) is 61.5 Å². The number of nitrogens with zero attached hydrogens (tertiary/aromatic N) is 1. The van der Waals surface area contributed by atoms with E-state index in [-0.39, 0.29) is 11.1 Å². The molecule has 1 N–H and O–H groups in total. The molecule has 1 heterocycles. The number of ether oxygens (including phenoxy) is 2. The monoisotopic (exact) mass is 496 g/mol. The van der Waals surface area contributed by atoms with Crippen LogP contribution in [0.4, 0.5) is 0 Å². The van der Waals surface area contributed by atoms with Crippen LogP contribution < -0.4 is 5.32 Å². The lowest BCUT2D eigenvalue weighted by Gasteiger charge is -2.49. The van der Waals surface area contributed by atoms with E-state index in [0.717, 1.165) is 45.9 Å². The molecule has 1 fully saturated rings. The Morgan fingerprint density at radius 3 is 1.89 bits per heavy atom. The molecule has 1 rings (SSSR count). The Kier molecular flexibility index (Phi) is 14.4. The summed E-state index contributed by atoms with van der Waals surface area (Å²) in [6.45, 7) is 29.4. The van der Waals surface area contributed by atoms with Crippen LogP contribution >= 0.6 is 0 Å². The minimum atomic E-state index is 0.205. The third-order valence-corrected chi connectivity index (χ3v) is 7.56. The van der Waals surface area contributed by atoms with Crippen molar-refractivity contribution >= 4 is 0 Å². The Bertz CT molecular complexity index is 539. The molecule has 0 bridgehead atoms. The summed E-state index contributed by atoms with van der Waals surface area (Å²) in [7, 11) is 0. The van der Waals surface area contributed by atoms with E-state index in [0.29, 0.717) is 16.9 Å². The normalized spacial score (nSPS) is 16.6. The lowest BCUT2D eigenvalue weighted by Crippen LogP contribution is -2.60. The largest absolute Gasteiger partial charge is 0.381 e. The van der Waals surface area contributed by atoms with Crippen molar-refractivity contribution in [1.29, 1.82) is 0 Å². The number of nitrogens with one attached hydrogen (secondary N) is 1. The van der Waals surface area contributed by atoms with Gasteiger partial charge in [-0.15, -0.1) is 0 Å². The Hall–Kier alpha value is -0.160. The van der Waals surface area contributed by atoms with E-state index in [4.69, 9.17) is 9.47 Å². The molecule has 4 heteroatoms. The van der Waals surface area contributed by atoms with Crippen LogP contribution in [0.5, 0.6) is 0 Å². The summed E-state index contributed by atoms with van der Waals surface area (Å²) in [5.74, 6) is 0. The van der Waals surface area contributed by atoms with Gasteiger partial charge in [-0.05, 0) is 96.9 Å². The topological polar surface area (TPSA) is 33.7 Å². The molecule has 0 aliphatic carbocycles. The highest BCUT2D eigenvalue weighted by Crippen LogP contribution is 2.35. The van der Waals surface area contributed by atoms with Crippen molar-refractivity contribution < 1.29 is 9.47 Å². The summed E-state index contributed by atoms with van der Waals surface area (Å²) in [4.78, 5) is 2.63. The maximum atomic E-state index is 6.15. The second-order valence-corrected chi connectivity index (χ2v) is 14.8. The molecule has 0 saturated carbocycles. The molecule has 210 valence electrons. The van der Waals surface area contributed by atoms with E-state index in [1.807, 2.05) is 0 Å². The predicted octanol–water partition coefficient (Wildman–Crippen LogP) is 7.84. The van der Waals surface area contributed by atoms with Crippen LogP contribution in [0.15, 0.2) is 0 Å². The zero-order valence-corrected chi connectivity index (χ0v) is 25.7. The quantitative estimate of drug-likeness (QED) is 0.185. The van der Waals surface area contributed by atoms with Gasteiger partial charge in [-0.2, -0.15) is 0 Å². The van der Waals surface area contributed by atoms with Gasteiger partial charge in [0.2, 0.25) is 0 Å². The second-order valence-electron chi connectivity index (χ2n) is 14.8. The van der Waals surface area contributed by atoms with Crippen LogP contribution in [0.2, 0.25) is 0 Å². The first kappa shape index (κ1) is 32.9. The van der Waals surface area contributed by atoms with Crippen molar-refractivity contribution in [3.8, 4) is 0 Å². The van der Waals surface area contributed by atoms with Crippen molar-refractivity contribution in [1.82, 2.24) is 10.2 Å². The summed E-state index contributed by atoms with van der Waals surface area (Å²) in [5, 5.41) is 3.52. The van der Waals surface area contributed by atoms with E-state index in [2.05, 4.69) is 79.5 Å². The van der Waals surface area contributed by atoms with Crippen LogP contribution in [0.25, 0.3) is 0 Å². The van der Waals surface area contributed by atoms with E-state index in [9.17, 15) is 0 Å². The minimum Gasteiger partial charge on any atom is -0.381 e.